The first-order valence-electron chi connectivity index (χ1n) is 8.99. The van der Waals surface area contributed by atoms with Crippen molar-refractivity contribution in [1.29, 1.82) is 0 Å². The quantitative estimate of drug-likeness (QED) is 0.647. The second-order valence-corrected chi connectivity index (χ2v) is 7.36. The Morgan fingerprint density at radius 3 is 2.68 bits per heavy atom. The number of methoxy groups -OCH3 is 1. The Hall–Kier alpha value is -3.01. The van der Waals surface area contributed by atoms with Gasteiger partial charge in [-0.2, -0.15) is 0 Å². The average molecular weight is 400 g/mol. The predicted molar refractivity (Wildman–Crippen MR) is 104 cm³/mol. The molecule has 1 fully saturated rings. The molecule has 1 saturated carbocycles. The van der Waals surface area contributed by atoms with Gasteiger partial charge in [0.1, 0.15) is 10.6 Å². The number of hydrogen-bond donors (Lipinski definition) is 1. The lowest BCUT2D eigenvalue weighted by Gasteiger charge is -2.04. The van der Waals surface area contributed by atoms with Crippen molar-refractivity contribution in [2.75, 3.05) is 13.7 Å². The van der Waals surface area contributed by atoms with Gasteiger partial charge in [0.15, 0.2) is 5.82 Å². The van der Waals surface area contributed by atoms with Crippen LogP contribution in [0.15, 0.2) is 29.1 Å². The van der Waals surface area contributed by atoms with E-state index in [1.54, 1.807) is 18.6 Å². The lowest BCUT2D eigenvalue weighted by Crippen LogP contribution is -2.32. The number of ether oxygens (including phenoxy) is 1. The maximum Gasteiger partial charge on any atom is 0.346 e. The fourth-order valence-corrected chi connectivity index (χ4v) is 3.53. The van der Waals surface area contributed by atoms with Gasteiger partial charge in [-0.3, -0.25) is 9.36 Å². The van der Waals surface area contributed by atoms with Crippen LogP contribution in [-0.2, 0) is 6.54 Å². The third-order valence-corrected chi connectivity index (χ3v) is 5.42. The van der Waals surface area contributed by atoms with E-state index >= 15 is 0 Å². The largest absolute Gasteiger partial charge is 0.497 e. The molecular weight excluding hydrogens is 380 g/mol. The van der Waals surface area contributed by atoms with Crippen LogP contribution in [0.3, 0.4) is 0 Å². The fourth-order valence-electron chi connectivity index (χ4n) is 2.96. The highest BCUT2D eigenvalue weighted by atomic mass is 32.1. The fraction of sp³-hybridized carbons (Fsp3) is 0.389. The predicted octanol–water partition coefficient (Wildman–Crippen LogP) is 1.65. The van der Waals surface area contributed by atoms with E-state index in [1.807, 2.05) is 24.3 Å². The van der Waals surface area contributed by atoms with Crippen LogP contribution in [0, 0.1) is 6.92 Å². The Morgan fingerprint density at radius 1 is 1.32 bits per heavy atom. The van der Waals surface area contributed by atoms with Crippen LogP contribution in [-0.4, -0.2) is 43.5 Å². The van der Waals surface area contributed by atoms with Crippen molar-refractivity contribution in [3.8, 4) is 17.1 Å². The van der Waals surface area contributed by atoms with E-state index in [0.29, 0.717) is 29.5 Å². The molecule has 0 spiro atoms. The second-order valence-electron chi connectivity index (χ2n) is 6.60. The van der Waals surface area contributed by atoms with Crippen molar-refractivity contribution in [2.24, 2.45) is 0 Å². The maximum absolute atomic E-state index is 12.8. The lowest BCUT2D eigenvalue weighted by atomic mass is 10.2. The Balaban J connectivity index is 1.52. The summed E-state index contributed by atoms with van der Waals surface area (Å²) in [6.45, 7) is 2.32. The van der Waals surface area contributed by atoms with Crippen molar-refractivity contribution < 1.29 is 9.53 Å². The minimum atomic E-state index is -0.238. The number of aryl methyl sites for hydroxylation is 1. The van der Waals surface area contributed by atoms with Gasteiger partial charge in [0.2, 0.25) is 0 Å². The van der Waals surface area contributed by atoms with Gasteiger partial charge >= 0.3 is 5.69 Å². The van der Waals surface area contributed by atoms with E-state index in [2.05, 4.69) is 20.0 Å². The molecule has 0 atom stereocenters. The molecule has 9 nitrogen and oxygen atoms in total. The number of benzene rings is 1. The molecule has 1 aromatic carbocycles. The van der Waals surface area contributed by atoms with Crippen molar-refractivity contribution in [3.05, 3.63) is 45.3 Å². The third-order valence-electron chi connectivity index (χ3n) is 4.60. The molecule has 146 valence electrons. The number of nitrogens with one attached hydrogen (secondary N) is 1. The second kappa shape index (κ2) is 7.55. The highest BCUT2D eigenvalue weighted by molar-refractivity contribution is 7.07. The smallest absolute Gasteiger partial charge is 0.346 e. The summed E-state index contributed by atoms with van der Waals surface area (Å²) in [5.74, 6) is 1.15. The van der Waals surface area contributed by atoms with E-state index in [4.69, 9.17) is 4.74 Å². The molecule has 0 saturated heterocycles. The van der Waals surface area contributed by atoms with E-state index in [-0.39, 0.29) is 17.6 Å². The monoisotopic (exact) mass is 400 g/mol. The molecule has 0 aliphatic heterocycles. The van der Waals surface area contributed by atoms with Gasteiger partial charge in [0.25, 0.3) is 5.91 Å². The van der Waals surface area contributed by atoms with Crippen LogP contribution in [0.25, 0.3) is 11.4 Å². The van der Waals surface area contributed by atoms with E-state index < -0.39 is 0 Å². The topological polar surface area (TPSA) is 104 Å². The molecule has 1 aliphatic carbocycles. The molecule has 3 aromatic rings. The van der Waals surface area contributed by atoms with Crippen LogP contribution < -0.4 is 15.7 Å². The first-order valence-corrected chi connectivity index (χ1v) is 9.76. The number of aromatic nitrogens is 5. The number of carbonyl (C=O) groups excluding carboxylic acids is 1. The Morgan fingerprint density at radius 2 is 2.07 bits per heavy atom. The SMILES string of the molecule is COc1ccc(-c2nn(CCNC(=O)c3snnc3C)c(=O)n2C2CC2)cc1. The van der Waals surface area contributed by atoms with Crippen molar-refractivity contribution in [2.45, 2.75) is 32.4 Å². The molecule has 0 bridgehead atoms. The van der Waals surface area contributed by atoms with Crippen molar-refractivity contribution in [3.63, 3.8) is 0 Å². The molecule has 10 heteroatoms. The van der Waals surface area contributed by atoms with Crippen LogP contribution in [0.1, 0.15) is 34.2 Å². The summed E-state index contributed by atoms with van der Waals surface area (Å²) in [5.41, 5.74) is 1.30. The molecule has 0 radical (unpaired) electrons. The van der Waals surface area contributed by atoms with Gasteiger partial charge in [-0.25, -0.2) is 9.48 Å². The van der Waals surface area contributed by atoms with Crippen LogP contribution in [0.2, 0.25) is 0 Å². The van der Waals surface area contributed by atoms with Crippen LogP contribution in [0.5, 0.6) is 5.75 Å². The standard InChI is InChI=1S/C18H20N6O3S/c1-11-15(28-22-20-11)17(25)19-9-10-23-18(26)24(13-5-6-13)16(21-23)12-3-7-14(27-2)8-4-12/h3-4,7-8,13H,5-6,9-10H2,1-2H3,(H,19,25). The van der Waals surface area contributed by atoms with Gasteiger partial charge in [0.05, 0.1) is 19.3 Å². The summed E-state index contributed by atoms with van der Waals surface area (Å²) in [6.07, 6.45) is 1.95. The first-order chi connectivity index (χ1) is 13.6. The molecule has 2 aromatic heterocycles. The van der Waals surface area contributed by atoms with Gasteiger partial charge in [-0.05, 0) is 55.6 Å². The van der Waals surface area contributed by atoms with Crippen molar-refractivity contribution >= 4 is 17.4 Å². The summed E-state index contributed by atoms with van der Waals surface area (Å²) in [5, 5.41) is 11.2. The van der Waals surface area contributed by atoms with Gasteiger partial charge < -0.3 is 10.1 Å². The molecule has 0 unspecified atom stereocenters. The number of amides is 1. The molecule has 2 heterocycles. The molecule has 4 rings (SSSR count). The van der Waals surface area contributed by atoms with Crippen LogP contribution in [0.4, 0.5) is 0 Å². The lowest BCUT2D eigenvalue weighted by molar-refractivity contribution is 0.0955. The summed E-state index contributed by atoms with van der Waals surface area (Å²) >= 11 is 1.05. The van der Waals surface area contributed by atoms with E-state index in [9.17, 15) is 9.59 Å². The molecule has 1 N–H and O–H groups in total. The summed E-state index contributed by atoms with van der Waals surface area (Å²) in [6, 6.07) is 7.68. The van der Waals surface area contributed by atoms with Crippen molar-refractivity contribution in [1.82, 2.24) is 29.3 Å². The Labute approximate surface area is 165 Å². The molecule has 1 amide bonds. The number of nitrogens with zero attached hydrogens (tertiary/aromatic N) is 5. The minimum absolute atomic E-state index is 0.154. The average Bonchev–Trinajstić information content (AvgIpc) is 3.36. The van der Waals surface area contributed by atoms with Crippen LogP contribution >= 0.6 is 11.5 Å². The van der Waals surface area contributed by atoms with E-state index in [0.717, 1.165) is 35.7 Å². The summed E-state index contributed by atoms with van der Waals surface area (Å²) in [7, 11) is 1.61. The van der Waals surface area contributed by atoms with Gasteiger partial charge in [-0.15, -0.1) is 10.2 Å². The maximum atomic E-state index is 12.8. The Bertz CT molecular complexity index is 1050. The summed E-state index contributed by atoms with van der Waals surface area (Å²) < 4.78 is 12.1. The number of carbonyl (C=O) groups is 1. The highest BCUT2D eigenvalue weighted by Crippen LogP contribution is 2.36. The number of rotatable bonds is 7. The first kappa shape index (κ1) is 18.4. The molecular formula is C18H20N6O3S. The Kier molecular flexibility index (Phi) is 4.95. The summed E-state index contributed by atoms with van der Waals surface area (Å²) in [4.78, 5) is 25.5. The zero-order valence-corrected chi connectivity index (χ0v) is 16.4. The zero-order valence-electron chi connectivity index (χ0n) is 15.6. The molecule has 28 heavy (non-hydrogen) atoms. The highest BCUT2D eigenvalue weighted by Gasteiger charge is 2.30. The van der Waals surface area contributed by atoms with Gasteiger partial charge in [0, 0.05) is 18.2 Å². The number of hydrogen-bond acceptors (Lipinski definition) is 7. The van der Waals surface area contributed by atoms with Gasteiger partial charge in [-0.1, -0.05) is 4.49 Å². The molecule has 1 aliphatic rings. The minimum Gasteiger partial charge on any atom is -0.497 e. The normalized spacial score (nSPS) is 13.5. The van der Waals surface area contributed by atoms with E-state index in [1.165, 1.54) is 4.68 Å². The zero-order chi connectivity index (χ0) is 19.7. The third kappa shape index (κ3) is 3.55.